The molecule has 50 valence electrons. The van der Waals surface area contributed by atoms with Crippen molar-refractivity contribution in [3.63, 3.8) is 0 Å². The van der Waals surface area contributed by atoms with Crippen molar-refractivity contribution in [1.82, 2.24) is 5.32 Å². The first-order chi connectivity index (χ1) is 4.10. The van der Waals surface area contributed by atoms with E-state index in [1.165, 1.54) is 12.3 Å². The molecule has 5 nitrogen and oxygen atoms in total. The molecule has 0 radical (unpaired) electrons. The standard InChI is InChI=1S/C4H8N4O/c5-3-1-2-7-4(6,9)8-3/h1-2,7,9H,6H2,(H2,5,8). The lowest BCUT2D eigenvalue weighted by atomic mass is 10.5. The highest BCUT2D eigenvalue weighted by atomic mass is 16.3. The first-order valence-electron chi connectivity index (χ1n) is 2.41. The van der Waals surface area contributed by atoms with Crippen LogP contribution in [0.3, 0.4) is 0 Å². The van der Waals surface area contributed by atoms with Crippen molar-refractivity contribution >= 4 is 5.84 Å². The topological polar surface area (TPSA) is 96.7 Å². The number of nitrogens with two attached hydrogens (primary N) is 2. The van der Waals surface area contributed by atoms with Crippen LogP contribution in [0.15, 0.2) is 17.3 Å². The van der Waals surface area contributed by atoms with Crippen molar-refractivity contribution in [3.8, 4) is 0 Å². The molecule has 0 fully saturated rings. The summed E-state index contributed by atoms with van der Waals surface area (Å²) in [5, 5.41) is 11.3. The average Bonchev–Trinajstić information content (AvgIpc) is 1.60. The van der Waals surface area contributed by atoms with E-state index in [-0.39, 0.29) is 5.84 Å². The maximum atomic E-state index is 8.89. The number of hydrogen-bond acceptors (Lipinski definition) is 5. The number of amidine groups is 1. The third-order valence-corrected chi connectivity index (χ3v) is 0.849. The second-order valence-electron chi connectivity index (χ2n) is 1.74. The Bertz CT molecular complexity index is 171. The van der Waals surface area contributed by atoms with Gasteiger partial charge in [-0.3, -0.25) is 5.73 Å². The number of rotatable bonds is 0. The molecule has 1 aliphatic heterocycles. The van der Waals surface area contributed by atoms with Gasteiger partial charge in [-0.25, -0.2) is 0 Å². The van der Waals surface area contributed by atoms with Gasteiger partial charge in [-0.2, -0.15) is 4.99 Å². The van der Waals surface area contributed by atoms with Crippen LogP contribution in [0, 0.1) is 0 Å². The van der Waals surface area contributed by atoms with Gasteiger partial charge in [0.1, 0.15) is 5.84 Å². The fraction of sp³-hybridized carbons (Fsp3) is 0.250. The lowest BCUT2D eigenvalue weighted by Crippen LogP contribution is -2.52. The monoisotopic (exact) mass is 128 g/mol. The molecule has 6 N–H and O–H groups in total. The van der Waals surface area contributed by atoms with Crippen molar-refractivity contribution in [3.05, 3.63) is 12.3 Å². The average molecular weight is 128 g/mol. The number of nitrogens with one attached hydrogen (secondary N) is 1. The highest BCUT2D eigenvalue weighted by Crippen LogP contribution is 1.95. The van der Waals surface area contributed by atoms with Crippen LogP contribution in [0.5, 0.6) is 0 Å². The van der Waals surface area contributed by atoms with Crippen LogP contribution in [0.25, 0.3) is 0 Å². The Morgan fingerprint density at radius 2 is 2.44 bits per heavy atom. The molecule has 0 saturated carbocycles. The van der Waals surface area contributed by atoms with E-state index in [2.05, 4.69) is 10.3 Å². The van der Waals surface area contributed by atoms with Crippen LogP contribution in [0.4, 0.5) is 0 Å². The van der Waals surface area contributed by atoms with Gasteiger partial charge >= 0.3 is 0 Å². The maximum absolute atomic E-state index is 8.89. The molecule has 5 heteroatoms. The molecule has 0 aromatic heterocycles. The highest BCUT2D eigenvalue weighted by Gasteiger charge is 2.18. The van der Waals surface area contributed by atoms with E-state index in [4.69, 9.17) is 16.6 Å². The lowest BCUT2D eigenvalue weighted by Gasteiger charge is -2.20. The van der Waals surface area contributed by atoms with E-state index in [1.54, 1.807) is 0 Å². The zero-order valence-corrected chi connectivity index (χ0v) is 4.70. The van der Waals surface area contributed by atoms with Crippen LogP contribution in [0.2, 0.25) is 0 Å². The van der Waals surface area contributed by atoms with Gasteiger partial charge in [-0.05, 0) is 6.08 Å². The van der Waals surface area contributed by atoms with E-state index in [0.29, 0.717) is 0 Å². The van der Waals surface area contributed by atoms with Gasteiger partial charge in [-0.1, -0.05) is 0 Å². The van der Waals surface area contributed by atoms with E-state index in [1.807, 2.05) is 0 Å². The van der Waals surface area contributed by atoms with E-state index in [0.717, 1.165) is 0 Å². The SMILES string of the molecule is NC1=NC(N)(O)NC=C1. The molecule has 1 unspecified atom stereocenters. The first kappa shape index (κ1) is 6.06. The molecular weight excluding hydrogens is 120 g/mol. The number of hydrogen-bond donors (Lipinski definition) is 4. The molecule has 1 heterocycles. The molecule has 9 heavy (non-hydrogen) atoms. The summed E-state index contributed by atoms with van der Waals surface area (Å²) < 4.78 is 0. The Kier molecular flexibility index (Phi) is 1.15. The molecule has 1 atom stereocenters. The third-order valence-electron chi connectivity index (χ3n) is 0.849. The Labute approximate surface area is 52.1 Å². The van der Waals surface area contributed by atoms with Crippen molar-refractivity contribution in [2.75, 3.05) is 0 Å². The zero-order valence-electron chi connectivity index (χ0n) is 4.70. The van der Waals surface area contributed by atoms with Crippen LogP contribution in [-0.4, -0.2) is 16.9 Å². The molecule has 1 aliphatic rings. The minimum absolute atomic E-state index is 0.207. The molecule has 0 saturated heterocycles. The van der Waals surface area contributed by atoms with Gasteiger partial charge < -0.3 is 16.2 Å². The fourth-order valence-electron chi connectivity index (χ4n) is 0.516. The smallest absolute Gasteiger partial charge is 0.296 e. The number of nitrogens with zero attached hydrogens (tertiary/aromatic N) is 1. The second kappa shape index (κ2) is 1.71. The predicted octanol–water partition coefficient (Wildman–Crippen LogP) is -1.98. The molecule has 0 aromatic rings. The van der Waals surface area contributed by atoms with E-state index < -0.39 is 5.97 Å². The number of aliphatic hydroxyl groups is 1. The van der Waals surface area contributed by atoms with Gasteiger partial charge in [0.05, 0.1) is 0 Å². The quantitative estimate of drug-likeness (QED) is 0.284. The summed E-state index contributed by atoms with van der Waals surface area (Å²) in [6, 6.07) is 0. The molecule has 0 aliphatic carbocycles. The van der Waals surface area contributed by atoms with Gasteiger partial charge in [0.2, 0.25) is 0 Å². The lowest BCUT2D eigenvalue weighted by molar-refractivity contribution is 0.0335. The van der Waals surface area contributed by atoms with Crippen LogP contribution < -0.4 is 16.8 Å². The third kappa shape index (κ3) is 1.41. The van der Waals surface area contributed by atoms with Crippen molar-refractivity contribution < 1.29 is 5.11 Å². The van der Waals surface area contributed by atoms with E-state index >= 15 is 0 Å². The fourth-order valence-corrected chi connectivity index (χ4v) is 0.516. The Morgan fingerprint density at radius 3 is 2.78 bits per heavy atom. The minimum atomic E-state index is -1.72. The predicted molar refractivity (Wildman–Crippen MR) is 33.0 cm³/mol. The summed E-state index contributed by atoms with van der Waals surface area (Å²) in [4.78, 5) is 3.44. The molecular formula is C4H8N4O. The first-order valence-corrected chi connectivity index (χ1v) is 2.41. The van der Waals surface area contributed by atoms with Crippen molar-refractivity contribution in [2.24, 2.45) is 16.5 Å². The van der Waals surface area contributed by atoms with E-state index in [9.17, 15) is 0 Å². The van der Waals surface area contributed by atoms with Gasteiger partial charge in [0.15, 0.2) is 0 Å². The summed E-state index contributed by atoms with van der Waals surface area (Å²) in [6.45, 7) is 0. The zero-order chi connectivity index (χ0) is 6.91. The van der Waals surface area contributed by atoms with Crippen LogP contribution >= 0.6 is 0 Å². The van der Waals surface area contributed by atoms with Crippen molar-refractivity contribution in [1.29, 1.82) is 0 Å². The molecule has 1 rings (SSSR count). The molecule has 0 spiro atoms. The molecule has 0 aromatic carbocycles. The summed E-state index contributed by atoms with van der Waals surface area (Å²) in [6.07, 6.45) is 2.93. The molecule has 0 amide bonds. The summed E-state index contributed by atoms with van der Waals surface area (Å²) >= 11 is 0. The second-order valence-corrected chi connectivity index (χ2v) is 1.74. The van der Waals surface area contributed by atoms with Crippen LogP contribution in [0.1, 0.15) is 0 Å². The van der Waals surface area contributed by atoms with Crippen LogP contribution in [-0.2, 0) is 0 Å². The summed E-state index contributed by atoms with van der Waals surface area (Å²) in [5.41, 5.74) is 10.3. The number of aliphatic imine (C=N–C) groups is 1. The summed E-state index contributed by atoms with van der Waals surface area (Å²) in [5.74, 6) is -1.52. The Balaban J connectivity index is 2.78. The molecule has 0 bridgehead atoms. The Hall–Kier alpha value is -1.07. The normalized spacial score (nSPS) is 33.3. The minimum Gasteiger partial charge on any atom is -0.384 e. The Morgan fingerprint density at radius 1 is 1.78 bits per heavy atom. The van der Waals surface area contributed by atoms with Gasteiger partial charge in [-0.15, -0.1) is 0 Å². The largest absolute Gasteiger partial charge is 0.384 e. The maximum Gasteiger partial charge on any atom is 0.296 e. The van der Waals surface area contributed by atoms with Gasteiger partial charge in [0, 0.05) is 6.20 Å². The highest BCUT2D eigenvalue weighted by molar-refractivity contribution is 5.92. The summed E-state index contributed by atoms with van der Waals surface area (Å²) in [7, 11) is 0. The van der Waals surface area contributed by atoms with Crippen molar-refractivity contribution in [2.45, 2.75) is 5.97 Å². The van der Waals surface area contributed by atoms with Gasteiger partial charge in [0.25, 0.3) is 5.97 Å².